The smallest absolute Gasteiger partial charge is 0.227 e. The first-order valence-corrected chi connectivity index (χ1v) is 7.18. The number of hydrogen-bond donors (Lipinski definition) is 2. The van der Waals surface area contributed by atoms with E-state index in [1.54, 1.807) is 36.4 Å². The molecule has 1 aromatic heterocycles. The van der Waals surface area contributed by atoms with Gasteiger partial charge in [0.1, 0.15) is 17.0 Å². The normalized spacial score (nSPS) is 11.0. The second kappa shape index (κ2) is 5.18. The molecule has 0 unspecified atom stereocenters. The van der Waals surface area contributed by atoms with Crippen molar-refractivity contribution < 1.29 is 14.6 Å². The molecule has 4 rings (SSSR count). The molecule has 0 radical (unpaired) electrons. The molecule has 0 atom stereocenters. The van der Waals surface area contributed by atoms with Crippen molar-refractivity contribution in [3.8, 4) is 34.1 Å². The molecular weight excluding hydrogens is 290 g/mol. The van der Waals surface area contributed by atoms with E-state index in [4.69, 9.17) is 4.42 Å². The van der Waals surface area contributed by atoms with Crippen LogP contribution in [-0.4, -0.2) is 15.2 Å². The lowest BCUT2D eigenvalue weighted by Crippen LogP contribution is -1.77. The van der Waals surface area contributed by atoms with Gasteiger partial charge in [-0.15, -0.1) is 0 Å². The van der Waals surface area contributed by atoms with Crippen LogP contribution in [0.15, 0.2) is 71.1 Å². The van der Waals surface area contributed by atoms with Gasteiger partial charge in [-0.1, -0.05) is 18.2 Å². The lowest BCUT2D eigenvalue weighted by Gasteiger charge is -2.01. The van der Waals surface area contributed by atoms with Gasteiger partial charge in [0.25, 0.3) is 0 Å². The van der Waals surface area contributed by atoms with Crippen LogP contribution < -0.4 is 0 Å². The molecule has 4 heteroatoms. The number of benzene rings is 3. The van der Waals surface area contributed by atoms with Crippen LogP contribution in [0.25, 0.3) is 33.7 Å². The van der Waals surface area contributed by atoms with Crippen molar-refractivity contribution in [2.24, 2.45) is 0 Å². The molecule has 0 aliphatic carbocycles. The Morgan fingerprint density at radius 3 is 1.87 bits per heavy atom. The van der Waals surface area contributed by atoms with E-state index in [0.717, 1.165) is 22.2 Å². The summed E-state index contributed by atoms with van der Waals surface area (Å²) < 4.78 is 5.84. The van der Waals surface area contributed by atoms with Gasteiger partial charge in [-0.3, -0.25) is 0 Å². The number of aromatic hydroxyl groups is 2. The second-order valence-corrected chi connectivity index (χ2v) is 5.30. The van der Waals surface area contributed by atoms with E-state index >= 15 is 0 Å². The maximum absolute atomic E-state index is 9.38. The second-order valence-electron chi connectivity index (χ2n) is 5.30. The summed E-state index contributed by atoms with van der Waals surface area (Å²) in [5.41, 5.74) is 4.26. The molecular formula is C19H13NO3. The van der Waals surface area contributed by atoms with Crippen molar-refractivity contribution in [2.75, 3.05) is 0 Å². The summed E-state index contributed by atoms with van der Waals surface area (Å²) in [6.07, 6.45) is 0. The zero-order valence-corrected chi connectivity index (χ0v) is 12.1. The largest absolute Gasteiger partial charge is 0.508 e. The molecule has 4 aromatic rings. The molecule has 2 N–H and O–H groups in total. The molecule has 0 saturated carbocycles. The van der Waals surface area contributed by atoms with Crippen molar-refractivity contribution in [3.05, 3.63) is 66.7 Å². The van der Waals surface area contributed by atoms with Crippen molar-refractivity contribution in [3.63, 3.8) is 0 Å². The molecule has 0 spiro atoms. The fourth-order valence-corrected chi connectivity index (χ4v) is 2.49. The van der Waals surface area contributed by atoms with E-state index in [1.165, 1.54) is 0 Å². The Kier molecular flexibility index (Phi) is 3.01. The van der Waals surface area contributed by atoms with E-state index in [-0.39, 0.29) is 11.5 Å². The molecule has 0 amide bonds. The SMILES string of the molecule is Oc1ccc(-c2ccc3nc(-c4ccc(O)cc4)oc3c2)cc1. The van der Waals surface area contributed by atoms with E-state index in [1.807, 2.05) is 30.3 Å². The lowest BCUT2D eigenvalue weighted by atomic mass is 10.1. The van der Waals surface area contributed by atoms with Crippen molar-refractivity contribution in [2.45, 2.75) is 0 Å². The summed E-state index contributed by atoms with van der Waals surface area (Å²) in [6, 6.07) is 19.6. The minimum atomic E-state index is 0.208. The average Bonchev–Trinajstić information content (AvgIpc) is 2.99. The van der Waals surface area contributed by atoms with Crippen LogP contribution in [0.5, 0.6) is 11.5 Å². The number of oxazole rings is 1. The number of phenols is 2. The van der Waals surface area contributed by atoms with E-state index in [9.17, 15) is 10.2 Å². The van der Waals surface area contributed by atoms with Gasteiger partial charge in [-0.25, -0.2) is 4.98 Å². The maximum Gasteiger partial charge on any atom is 0.227 e. The predicted molar refractivity (Wildman–Crippen MR) is 88.2 cm³/mol. The van der Waals surface area contributed by atoms with Gasteiger partial charge >= 0.3 is 0 Å². The molecule has 23 heavy (non-hydrogen) atoms. The Balaban J connectivity index is 1.77. The van der Waals surface area contributed by atoms with Gasteiger partial charge in [0.05, 0.1) is 0 Å². The highest BCUT2D eigenvalue weighted by Gasteiger charge is 2.09. The van der Waals surface area contributed by atoms with Crippen molar-refractivity contribution in [1.82, 2.24) is 4.98 Å². The molecule has 0 saturated heterocycles. The molecule has 112 valence electrons. The highest BCUT2D eigenvalue weighted by Crippen LogP contribution is 2.29. The first-order valence-electron chi connectivity index (χ1n) is 7.18. The van der Waals surface area contributed by atoms with Crippen LogP contribution in [0.3, 0.4) is 0 Å². The van der Waals surface area contributed by atoms with Crippen LogP contribution in [0.2, 0.25) is 0 Å². The third kappa shape index (κ3) is 2.51. The molecule has 4 nitrogen and oxygen atoms in total. The average molecular weight is 303 g/mol. The fraction of sp³-hybridized carbons (Fsp3) is 0. The Bertz CT molecular complexity index is 926. The monoisotopic (exact) mass is 303 g/mol. The molecule has 0 aliphatic rings. The summed E-state index contributed by atoms with van der Waals surface area (Å²) in [7, 11) is 0. The number of phenolic OH excluding ortho intramolecular Hbond substituents is 2. The Morgan fingerprint density at radius 2 is 1.22 bits per heavy atom. The Labute approximate surface area is 132 Å². The van der Waals surface area contributed by atoms with E-state index < -0.39 is 0 Å². The zero-order chi connectivity index (χ0) is 15.8. The van der Waals surface area contributed by atoms with Gasteiger partial charge < -0.3 is 14.6 Å². The first kappa shape index (κ1) is 13.4. The maximum atomic E-state index is 9.38. The fourth-order valence-electron chi connectivity index (χ4n) is 2.49. The number of fused-ring (bicyclic) bond motifs is 1. The van der Waals surface area contributed by atoms with Gasteiger partial charge in [-0.05, 0) is 59.7 Å². The molecule has 0 bridgehead atoms. The van der Waals surface area contributed by atoms with Gasteiger partial charge in [0, 0.05) is 5.56 Å². The number of aromatic nitrogens is 1. The highest BCUT2D eigenvalue weighted by atomic mass is 16.3. The minimum absolute atomic E-state index is 0.208. The summed E-state index contributed by atoms with van der Waals surface area (Å²) in [5.74, 6) is 0.964. The van der Waals surface area contributed by atoms with E-state index in [2.05, 4.69) is 4.98 Å². The topological polar surface area (TPSA) is 66.5 Å². The Hall–Kier alpha value is -3.27. The summed E-state index contributed by atoms with van der Waals surface area (Å²) >= 11 is 0. The number of rotatable bonds is 2. The molecule has 3 aromatic carbocycles. The van der Waals surface area contributed by atoms with Crippen LogP contribution in [0.4, 0.5) is 0 Å². The standard InChI is InChI=1S/C19H13NO3/c21-15-6-1-12(2-7-15)14-5-10-17-18(11-14)23-19(20-17)13-3-8-16(22)9-4-13/h1-11,21-22H. The summed E-state index contributed by atoms with van der Waals surface area (Å²) in [6.45, 7) is 0. The third-order valence-electron chi connectivity index (χ3n) is 3.70. The van der Waals surface area contributed by atoms with Crippen molar-refractivity contribution >= 4 is 11.1 Å². The summed E-state index contributed by atoms with van der Waals surface area (Å²) in [4.78, 5) is 4.47. The van der Waals surface area contributed by atoms with Crippen LogP contribution in [0, 0.1) is 0 Å². The Morgan fingerprint density at radius 1 is 0.652 bits per heavy atom. The minimum Gasteiger partial charge on any atom is -0.508 e. The first-order chi connectivity index (χ1) is 11.2. The van der Waals surface area contributed by atoms with Crippen LogP contribution in [-0.2, 0) is 0 Å². The lowest BCUT2D eigenvalue weighted by molar-refractivity contribution is 0.475. The predicted octanol–water partition coefficient (Wildman–Crippen LogP) is 4.57. The quantitative estimate of drug-likeness (QED) is 0.569. The molecule has 1 heterocycles. The number of nitrogens with zero attached hydrogens (tertiary/aromatic N) is 1. The van der Waals surface area contributed by atoms with Gasteiger partial charge in [-0.2, -0.15) is 0 Å². The summed E-state index contributed by atoms with van der Waals surface area (Å²) in [5, 5.41) is 18.7. The zero-order valence-electron chi connectivity index (χ0n) is 12.1. The van der Waals surface area contributed by atoms with Crippen LogP contribution in [0.1, 0.15) is 0 Å². The van der Waals surface area contributed by atoms with Crippen molar-refractivity contribution in [1.29, 1.82) is 0 Å². The molecule has 0 fully saturated rings. The van der Waals surface area contributed by atoms with Gasteiger partial charge in [0.2, 0.25) is 5.89 Å². The van der Waals surface area contributed by atoms with E-state index in [0.29, 0.717) is 11.5 Å². The van der Waals surface area contributed by atoms with Crippen LogP contribution >= 0.6 is 0 Å². The van der Waals surface area contributed by atoms with Gasteiger partial charge in [0.15, 0.2) is 5.58 Å². The highest BCUT2D eigenvalue weighted by molar-refractivity contribution is 5.82. The molecule has 0 aliphatic heterocycles. The number of hydrogen-bond acceptors (Lipinski definition) is 4. The third-order valence-corrected chi connectivity index (χ3v) is 3.70.